The Morgan fingerprint density at radius 3 is 2.76 bits per heavy atom. The Morgan fingerprint density at radius 1 is 1.48 bits per heavy atom. The van der Waals surface area contributed by atoms with Crippen LogP contribution in [0.25, 0.3) is 0 Å². The first-order valence-electron chi connectivity index (χ1n) is 6.52. The third-order valence-corrected chi connectivity index (χ3v) is 2.70. The number of hydrogen-bond acceptors (Lipinski definition) is 5. The molecule has 1 aromatic carbocycles. The Balaban J connectivity index is 2.11. The number of phenolic OH excluding ortho intramolecular Hbond substituents is 1. The van der Waals surface area contributed by atoms with Gasteiger partial charge in [0.1, 0.15) is 17.5 Å². The number of hydrogen-bond donors (Lipinski definition) is 3. The number of rotatable bonds is 2. The predicted octanol–water partition coefficient (Wildman–Crippen LogP) is 2.52. The van der Waals surface area contributed by atoms with Crippen LogP contribution in [0, 0.1) is 0 Å². The smallest absolute Gasteiger partial charge is 0.412 e. The molecule has 2 rings (SSSR count). The zero-order valence-electron chi connectivity index (χ0n) is 12.1. The van der Waals surface area contributed by atoms with Crippen molar-refractivity contribution in [2.75, 3.05) is 11.9 Å². The maximum Gasteiger partial charge on any atom is 0.412 e. The molecule has 1 unspecified atom stereocenters. The minimum atomic E-state index is -0.602. The minimum absolute atomic E-state index is 0.00811. The van der Waals surface area contributed by atoms with Crippen LogP contribution < -0.4 is 10.6 Å². The van der Waals surface area contributed by atoms with Crippen molar-refractivity contribution in [1.82, 2.24) is 5.32 Å². The lowest BCUT2D eigenvalue weighted by molar-refractivity contribution is 0.0635. The van der Waals surface area contributed by atoms with Crippen LogP contribution in [0.3, 0.4) is 0 Å². The summed E-state index contributed by atoms with van der Waals surface area (Å²) in [4.78, 5) is 22.8. The van der Waals surface area contributed by atoms with E-state index in [1.165, 1.54) is 12.1 Å². The van der Waals surface area contributed by atoms with Gasteiger partial charge in [0.2, 0.25) is 0 Å². The fraction of sp³-hybridized carbons (Fsp3) is 0.429. The lowest BCUT2D eigenvalue weighted by Gasteiger charge is -2.20. The van der Waals surface area contributed by atoms with E-state index in [0.29, 0.717) is 11.3 Å². The molecule has 1 aliphatic heterocycles. The molecule has 1 fully saturated rings. The van der Waals surface area contributed by atoms with E-state index in [4.69, 9.17) is 9.47 Å². The molecule has 1 heterocycles. The van der Waals surface area contributed by atoms with Crippen molar-refractivity contribution in [1.29, 1.82) is 0 Å². The van der Waals surface area contributed by atoms with Crippen molar-refractivity contribution in [3.63, 3.8) is 0 Å². The van der Waals surface area contributed by atoms with Crippen molar-refractivity contribution in [2.24, 2.45) is 0 Å². The number of benzene rings is 1. The number of aromatic hydroxyl groups is 1. The van der Waals surface area contributed by atoms with Crippen molar-refractivity contribution < 1.29 is 24.2 Å². The van der Waals surface area contributed by atoms with Crippen LogP contribution in [-0.2, 0) is 9.47 Å². The van der Waals surface area contributed by atoms with E-state index in [1.54, 1.807) is 26.8 Å². The summed E-state index contributed by atoms with van der Waals surface area (Å²) in [5, 5.41) is 14.9. The first-order valence-corrected chi connectivity index (χ1v) is 6.52. The number of phenols is 1. The van der Waals surface area contributed by atoms with Gasteiger partial charge in [-0.25, -0.2) is 9.59 Å². The summed E-state index contributed by atoms with van der Waals surface area (Å²) >= 11 is 0. The van der Waals surface area contributed by atoms with Gasteiger partial charge in [-0.3, -0.25) is 5.32 Å². The van der Waals surface area contributed by atoms with Crippen LogP contribution in [0.5, 0.6) is 5.75 Å². The van der Waals surface area contributed by atoms with Gasteiger partial charge in [0.15, 0.2) is 0 Å². The number of ether oxygens (including phenoxy) is 2. The molecule has 0 bridgehead atoms. The molecule has 0 spiro atoms. The molecule has 0 radical (unpaired) electrons. The van der Waals surface area contributed by atoms with Gasteiger partial charge in [0.05, 0.1) is 6.54 Å². The van der Waals surface area contributed by atoms with Crippen LogP contribution in [0.15, 0.2) is 18.2 Å². The molecule has 1 aliphatic rings. The molecule has 2 amide bonds. The molecule has 1 atom stereocenters. The van der Waals surface area contributed by atoms with Gasteiger partial charge in [-0.05, 0) is 39.0 Å². The number of alkyl carbamates (subject to hydrolysis) is 1. The summed E-state index contributed by atoms with van der Waals surface area (Å²) in [6.45, 7) is 5.55. The minimum Gasteiger partial charge on any atom is -0.508 e. The molecule has 1 saturated heterocycles. The molecular formula is C14H18N2O5. The molecule has 7 heteroatoms. The number of nitrogens with one attached hydrogen (secondary N) is 2. The fourth-order valence-corrected chi connectivity index (χ4v) is 1.87. The lowest BCUT2D eigenvalue weighted by Crippen LogP contribution is -2.27. The first-order chi connectivity index (χ1) is 9.74. The number of cyclic esters (lactones) is 1. The summed E-state index contributed by atoms with van der Waals surface area (Å²) in [7, 11) is 0. The molecule has 21 heavy (non-hydrogen) atoms. The molecule has 7 nitrogen and oxygen atoms in total. The van der Waals surface area contributed by atoms with Crippen molar-refractivity contribution in [3.05, 3.63) is 23.8 Å². The average Bonchev–Trinajstić information content (AvgIpc) is 2.76. The van der Waals surface area contributed by atoms with Crippen molar-refractivity contribution in [3.8, 4) is 5.75 Å². The molecule has 1 aromatic rings. The van der Waals surface area contributed by atoms with E-state index in [2.05, 4.69) is 10.6 Å². The first kappa shape index (κ1) is 15.0. The van der Waals surface area contributed by atoms with Gasteiger partial charge in [-0.1, -0.05) is 0 Å². The molecule has 0 aromatic heterocycles. The van der Waals surface area contributed by atoms with E-state index < -0.39 is 23.9 Å². The SMILES string of the molecule is CC(C)(C)OC(=O)Nc1ccc(O)c(C2CNC(=O)O2)c1. The summed E-state index contributed by atoms with van der Waals surface area (Å²) < 4.78 is 10.2. The van der Waals surface area contributed by atoms with E-state index in [0.717, 1.165) is 0 Å². The highest BCUT2D eigenvalue weighted by Gasteiger charge is 2.27. The van der Waals surface area contributed by atoms with Crippen LogP contribution in [0.2, 0.25) is 0 Å². The van der Waals surface area contributed by atoms with Crippen molar-refractivity contribution in [2.45, 2.75) is 32.5 Å². The third kappa shape index (κ3) is 4.01. The number of amides is 2. The second-order valence-electron chi connectivity index (χ2n) is 5.68. The van der Waals surface area contributed by atoms with E-state index in [-0.39, 0.29) is 12.3 Å². The van der Waals surface area contributed by atoms with E-state index in [1.807, 2.05) is 0 Å². The van der Waals surface area contributed by atoms with E-state index >= 15 is 0 Å². The Morgan fingerprint density at radius 2 is 2.19 bits per heavy atom. The fourth-order valence-electron chi connectivity index (χ4n) is 1.87. The molecule has 114 valence electrons. The van der Waals surface area contributed by atoms with Gasteiger partial charge in [-0.15, -0.1) is 0 Å². The van der Waals surface area contributed by atoms with Crippen LogP contribution in [0.4, 0.5) is 15.3 Å². The van der Waals surface area contributed by atoms with Gasteiger partial charge in [0.25, 0.3) is 0 Å². The van der Waals surface area contributed by atoms with Crippen LogP contribution >= 0.6 is 0 Å². The standard InChI is InChI=1S/C14H18N2O5/c1-14(2,3)21-13(19)16-8-4-5-10(17)9(6-8)11-7-15-12(18)20-11/h4-6,11,17H,7H2,1-3H3,(H,15,18)(H,16,19). The van der Waals surface area contributed by atoms with Crippen LogP contribution in [0.1, 0.15) is 32.4 Å². The summed E-state index contributed by atoms with van der Waals surface area (Å²) in [5.74, 6) is -0.00811. The van der Waals surface area contributed by atoms with Gasteiger partial charge < -0.3 is 19.9 Å². The third-order valence-electron chi connectivity index (χ3n) is 2.70. The maximum absolute atomic E-state index is 11.7. The highest BCUT2D eigenvalue weighted by atomic mass is 16.6. The predicted molar refractivity (Wildman–Crippen MR) is 75.2 cm³/mol. The van der Waals surface area contributed by atoms with Gasteiger partial charge >= 0.3 is 12.2 Å². The monoisotopic (exact) mass is 294 g/mol. The van der Waals surface area contributed by atoms with E-state index in [9.17, 15) is 14.7 Å². The summed E-state index contributed by atoms with van der Waals surface area (Å²) in [5.41, 5.74) is 0.260. The Hall–Kier alpha value is -2.44. The maximum atomic E-state index is 11.7. The highest BCUT2D eigenvalue weighted by Crippen LogP contribution is 2.31. The van der Waals surface area contributed by atoms with Gasteiger partial charge in [0, 0.05) is 11.3 Å². The number of anilines is 1. The summed E-state index contributed by atoms with van der Waals surface area (Å²) in [6, 6.07) is 4.51. The number of carbonyl (C=O) groups is 2. The van der Waals surface area contributed by atoms with Crippen molar-refractivity contribution >= 4 is 17.9 Å². The number of carbonyl (C=O) groups excluding carboxylic acids is 2. The second-order valence-corrected chi connectivity index (χ2v) is 5.68. The Bertz CT molecular complexity index is 565. The molecule has 0 saturated carbocycles. The second kappa shape index (κ2) is 5.51. The largest absolute Gasteiger partial charge is 0.508 e. The molecule has 0 aliphatic carbocycles. The average molecular weight is 294 g/mol. The normalized spacial score (nSPS) is 17.9. The topological polar surface area (TPSA) is 96.9 Å². The van der Waals surface area contributed by atoms with Crippen LogP contribution in [-0.4, -0.2) is 29.4 Å². The molecule has 3 N–H and O–H groups in total. The summed E-state index contributed by atoms with van der Waals surface area (Å²) in [6.07, 6.45) is -1.72. The quantitative estimate of drug-likeness (QED) is 0.728. The highest BCUT2D eigenvalue weighted by molar-refractivity contribution is 5.85. The Kier molecular flexibility index (Phi) is 3.93. The van der Waals surface area contributed by atoms with Gasteiger partial charge in [-0.2, -0.15) is 0 Å². The Labute approximate surface area is 122 Å². The molecular weight excluding hydrogens is 276 g/mol. The zero-order valence-corrected chi connectivity index (χ0v) is 12.1. The lowest BCUT2D eigenvalue weighted by atomic mass is 10.1. The zero-order chi connectivity index (χ0) is 15.6.